The minimum Gasteiger partial charge on any atom is -0.397 e. The van der Waals surface area contributed by atoms with E-state index in [0.717, 1.165) is 52.9 Å². The molecule has 6 aromatic carbocycles. The van der Waals surface area contributed by atoms with Gasteiger partial charge in [-0.15, -0.1) is 0 Å². The topological polar surface area (TPSA) is 126 Å². The van der Waals surface area contributed by atoms with E-state index in [4.69, 9.17) is 15.2 Å². The highest BCUT2D eigenvalue weighted by atomic mass is 16.7. The lowest BCUT2D eigenvalue weighted by Gasteiger charge is -2.38. The number of nitrogens with zero attached hydrogens (tertiary/aromatic N) is 1. The highest BCUT2D eigenvalue weighted by Crippen LogP contribution is 2.39. The molecule has 6 aromatic rings. The van der Waals surface area contributed by atoms with Crippen molar-refractivity contribution in [2.45, 2.75) is 83.3 Å². The zero-order chi connectivity index (χ0) is 42.2. The Labute approximate surface area is 359 Å². The molecular weight excluding hydrogens is 761 g/mol. The average Bonchev–Trinajstić information content (AvgIpc) is 3.29. The molecule has 0 spiro atoms. The van der Waals surface area contributed by atoms with Crippen molar-refractivity contribution >= 4 is 23.2 Å². The van der Waals surface area contributed by atoms with Crippen LogP contribution in [0.2, 0.25) is 0 Å². The second-order valence-corrected chi connectivity index (χ2v) is 15.7. The first-order valence-electron chi connectivity index (χ1n) is 21.3. The first-order valence-corrected chi connectivity index (χ1v) is 21.3. The molecule has 0 bridgehead atoms. The van der Waals surface area contributed by atoms with Gasteiger partial charge in [0.15, 0.2) is 6.29 Å². The van der Waals surface area contributed by atoms with Gasteiger partial charge in [-0.2, -0.15) is 0 Å². The van der Waals surface area contributed by atoms with Crippen molar-refractivity contribution in [3.8, 4) is 11.1 Å². The molecule has 1 fully saturated rings. The number of aliphatic hydroxyl groups excluding tert-OH is 1. The molecule has 1 heterocycles. The third kappa shape index (κ3) is 12.7. The van der Waals surface area contributed by atoms with Gasteiger partial charge in [-0.05, 0) is 63.9 Å². The Morgan fingerprint density at radius 3 is 1.92 bits per heavy atom. The number of rotatable bonds is 19. The Bertz CT molecular complexity index is 2240. The number of anilines is 2. The Hall–Kier alpha value is -6.10. The van der Waals surface area contributed by atoms with Crippen molar-refractivity contribution in [3.05, 3.63) is 191 Å². The maximum Gasteiger partial charge on any atom is 0.224 e. The zero-order valence-corrected chi connectivity index (χ0v) is 34.6. The Balaban J connectivity index is 0.980. The number of para-hydroxylation sites is 2. The number of amides is 2. The van der Waals surface area contributed by atoms with Gasteiger partial charge in [0.1, 0.15) is 0 Å². The fourth-order valence-corrected chi connectivity index (χ4v) is 7.82. The van der Waals surface area contributed by atoms with Gasteiger partial charge in [0.2, 0.25) is 11.8 Å². The van der Waals surface area contributed by atoms with Crippen molar-refractivity contribution in [1.29, 1.82) is 0 Å². The summed E-state index contributed by atoms with van der Waals surface area (Å²) < 4.78 is 13.5. The highest BCUT2D eigenvalue weighted by Gasteiger charge is 2.33. The lowest BCUT2D eigenvalue weighted by atomic mass is 9.97. The molecule has 314 valence electrons. The highest BCUT2D eigenvalue weighted by molar-refractivity contribution is 5.93. The Morgan fingerprint density at radius 1 is 0.639 bits per heavy atom. The normalized spacial score (nSPS) is 16.3. The number of aliphatic hydroxyl groups is 1. The molecule has 5 N–H and O–H groups in total. The summed E-state index contributed by atoms with van der Waals surface area (Å²) >= 11 is 0. The fraction of sp³-hybridized carbons (Fsp3) is 0.269. The molecule has 7 rings (SSSR count). The quantitative estimate of drug-likeness (QED) is 0.0474. The minimum atomic E-state index is -0.586. The van der Waals surface area contributed by atoms with E-state index in [1.807, 2.05) is 66.7 Å². The van der Waals surface area contributed by atoms with Crippen molar-refractivity contribution in [2.24, 2.45) is 0 Å². The summed E-state index contributed by atoms with van der Waals surface area (Å²) in [5, 5.41) is 15.7. The standard InChI is InChI=1S/C52H56N4O5/c53-47-20-12-13-21-48(47)55-51(59)23-9-3-8-22-50(58)54-33-44-18-10-11-19-46(44)41-28-30-43(31-29-41)52-60-45(32-49(61-52)42-26-24-40(37-57)25-27-42)36-56(34-38-14-4-1-5-15-38)35-39-16-6-2-7-17-39/h1-2,4-7,10-21,24-31,45,49,52,57H,3,8-9,22-23,32-37,53H2,(H,54,58)(H,55,59)/t45-,49+,52+/m0/s1. The molecular formula is C52H56N4O5. The van der Waals surface area contributed by atoms with Crippen LogP contribution < -0.4 is 16.4 Å². The van der Waals surface area contributed by atoms with Gasteiger partial charge in [0, 0.05) is 51.0 Å². The molecule has 1 aliphatic rings. The van der Waals surface area contributed by atoms with Gasteiger partial charge in [0.05, 0.1) is 30.2 Å². The zero-order valence-electron chi connectivity index (χ0n) is 34.6. The van der Waals surface area contributed by atoms with E-state index in [9.17, 15) is 14.7 Å². The van der Waals surface area contributed by atoms with Crippen LogP contribution in [0.4, 0.5) is 11.4 Å². The van der Waals surface area contributed by atoms with E-state index in [-0.39, 0.29) is 30.6 Å². The molecule has 0 unspecified atom stereocenters. The van der Waals surface area contributed by atoms with Crippen LogP contribution in [0.25, 0.3) is 11.1 Å². The van der Waals surface area contributed by atoms with Crippen LogP contribution in [0, 0.1) is 0 Å². The summed E-state index contributed by atoms with van der Waals surface area (Å²) in [6.07, 6.45) is 2.74. The summed E-state index contributed by atoms with van der Waals surface area (Å²) in [7, 11) is 0. The summed E-state index contributed by atoms with van der Waals surface area (Å²) in [5.41, 5.74) is 15.5. The van der Waals surface area contributed by atoms with Crippen LogP contribution in [0.15, 0.2) is 158 Å². The number of hydrogen-bond donors (Lipinski definition) is 4. The van der Waals surface area contributed by atoms with Gasteiger partial charge in [-0.25, -0.2) is 0 Å². The van der Waals surface area contributed by atoms with E-state index in [1.54, 1.807) is 12.1 Å². The Morgan fingerprint density at radius 2 is 1.25 bits per heavy atom. The summed E-state index contributed by atoms with van der Waals surface area (Å²) in [4.78, 5) is 27.6. The van der Waals surface area contributed by atoms with Crippen LogP contribution >= 0.6 is 0 Å². The van der Waals surface area contributed by atoms with Gasteiger partial charge in [-0.1, -0.05) is 152 Å². The van der Waals surface area contributed by atoms with Crippen LogP contribution in [0.5, 0.6) is 0 Å². The van der Waals surface area contributed by atoms with E-state index in [2.05, 4.69) is 94.4 Å². The van der Waals surface area contributed by atoms with Crippen LogP contribution in [-0.2, 0) is 45.3 Å². The predicted octanol–water partition coefficient (Wildman–Crippen LogP) is 9.88. The van der Waals surface area contributed by atoms with Gasteiger partial charge in [0.25, 0.3) is 0 Å². The number of nitrogens with two attached hydrogens (primary N) is 1. The molecule has 9 heteroatoms. The molecule has 61 heavy (non-hydrogen) atoms. The summed E-state index contributed by atoms with van der Waals surface area (Å²) in [6, 6.07) is 52.8. The number of unbranched alkanes of at least 4 members (excludes halogenated alkanes) is 2. The van der Waals surface area contributed by atoms with Crippen LogP contribution in [0.1, 0.15) is 84.3 Å². The maximum atomic E-state index is 12.9. The van der Waals surface area contributed by atoms with Gasteiger partial charge in [-0.3, -0.25) is 14.5 Å². The van der Waals surface area contributed by atoms with Crippen molar-refractivity contribution in [3.63, 3.8) is 0 Å². The van der Waals surface area contributed by atoms with Gasteiger partial charge >= 0.3 is 0 Å². The van der Waals surface area contributed by atoms with Crippen LogP contribution in [-0.4, -0.2) is 34.5 Å². The maximum absolute atomic E-state index is 12.9. The molecule has 3 atom stereocenters. The summed E-state index contributed by atoms with van der Waals surface area (Å²) in [6.45, 7) is 2.70. The number of ether oxygens (including phenoxy) is 2. The van der Waals surface area contributed by atoms with Crippen molar-refractivity contribution in [2.75, 3.05) is 17.6 Å². The molecule has 0 aliphatic carbocycles. The molecule has 2 amide bonds. The molecule has 1 aliphatic heterocycles. The number of hydrogen-bond acceptors (Lipinski definition) is 7. The third-order valence-corrected chi connectivity index (χ3v) is 11.1. The predicted molar refractivity (Wildman–Crippen MR) is 242 cm³/mol. The van der Waals surface area contributed by atoms with Crippen molar-refractivity contribution in [1.82, 2.24) is 10.2 Å². The SMILES string of the molecule is Nc1ccccc1NC(=O)CCCCCC(=O)NCc1ccccc1-c1ccc([C@@H]2O[C@H](CN(Cc3ccccc3)Cc3ccccc3)C[C@H](c3ccc(CO)cc3)O2)cc1. The van der Waals surface area contributed by atoms with Crippen LogP contribution in [0.3, 0.4) is 0 Å². The lowest BCUT2D eigenvalue weighted by molar-refractivity contribution is -0.253. The summed E-state index contributed by atoms with van der Waals surface area (Å²) in [5.74, 6) is -0.0933. The number of carbonyl (C=O) groups is 2. The molecule has 0 aromatic heterocycles. The van der Waals surface area contributed by atoms with E-state index in [1.165, 1.54) is 11.1 Å². The van der Waals surface area contributed by atoms with E-state index < -0.39 is 6.29 Å². The number of benzene rings is 6. The largest absolute Gasteiger partial charge is 0.397 e. The third-order valence-electron chi connectivity index (χ3n) is 11.1. The first kappa shape index (κ1) is 43.0. The van der Waals surface area contributed by atoms with Crippen molar-refractivity contribution < 1.29 is 24.2 Å². The second kappa shape index (κ2) is 21.9. The Kier molecular flexibility index (Phi) is 15.5. The minimum absolute atomic E-state index is 0.00843. The number of nitrogens with one attached hydrogen (secondary N) is 2. The first-order chi connectivity index (χ1) is 29.9. The van der Waals surface area contributed by atoms with E-state index in [0.29, 0.717) is 56.6 Å². The monoisotopic (exact) mass is 816 g/mol. The second-order valence-electron chi connectivity index (χ2n) is 15.7. The van der Waals surface area contributed by atoms with E-state index >= 15 is 0 Å². The molecule has 9 nitrogen and oxygen atoms in total. The number of nitrogen functional groups attached to an aromatic ring is 1. The molecule has 1 saturated heterocycles. The van der Waals surface area contributed by atoms with Gasteiger partial charge < -0.3 is 30.9 Å². The fourth-order valence-electron chi connectivity index (χ4n) is 7.82. The number of carbonyl (C=O) groups excluding carboxylic acids is 2. The molecule has 0 radical (unpaired) electrons. The average molecular weight is 817 g/mol. The smallest absolute Gasteiger partial charge is 0.224 e. The molecule has 0 saturated carbocycles. The lowest BCUT2D eigenvalue weighted by Crippen LogP contribution is -2.39.